The molecule has 0 saturated heterocycles. The second-order valence-corrected chi connectivity index (χ2v) is 5.72. The lowest BCUT2D eigenvalue weighted by molar-refractivity contribution is 0.286. The van der Waals surface area contributed by atoms with Crippen LogP contribution in [0.15, 0.2) is 41.0 Å². The highest BCUT2D eigenvalue weighted by Gasteiger charge is 2.10. The average molecular weight is 307 g/mol. The van der Waals surface area contributed by atoms with Crippen molar-refractivity contribution in [3.8, 4) is 0 Å². The molecule has 0 spiro atoms. The summed E-state index contributed by atoms with van der Waals surface area (Å²) in [5.74, 6) is 1.02. The molecule has 114 valence electrons. The van der Waals surface area contributed by atoms with Crippen LogP contribution in [0, 0.1) is 0 Å². The smallest absolute Gasteiger partial charge is 0.122 e. The van der Waals surface area contributed by atoms with E-state index in [1.807, 2.05) is 24.3 Å². The van der Waals surface area contributed by atoms with Crippen LogP contribution in [0.2, 0.25) is 5.02 Å². The standard InChI is InChI=1S/C17H23ClN2O/c1-3-9-19-11-14-8-10-21-17(14)13-20(2)12-15-6-4-5-7-16(15)18/h4-8,10,19H,3,9,11-13H2,1-2H3. The van der Waals surface area contributed by atoms with Crippen molar-refractivity contribution in [3.05, 3.63) is 58.5 Å². The summed E-state index contributed by atoms with van der Waals surface area (Å²) in [7, 11) is 2.08. The molecule has 1 N–H and O–H groups in total. The molecule has 2 rings (SSSR count). The summed E-state index contributed by atoms with van der Waals surface area (Å²) in [6.07, 6.45) is 2.90. The summed E-state index contributed by atoms with van der Waals surface area (Å²) in [5, 5.41) is 4.22. The lowest BCUT2D eigenvalue weighted by Crippen LogP contribution is -2.19. The lowest BCUT2D eigenvalue weighted by Gasteiger charge is -2.17. The fourth-order valence-corrected chi connectivity index (χ4v) is 2.48. The highest BCUT2D eigenvalue weighted by Crippen LogP contribution is 2.19. The minimum atomic E-state index is 0.779. The van der Waals surface area contributed by atoms with Crippen molar-refractivity contribution in [3.63, 3.8) is 0 Å². The first-order chi connectivity index (χ1) is 10.2. The number of nitrogens with zero attached hydrogens (tertiary/aromatic N) is 1. The Balaban J connectivity index is 1.92. The van der Waals surface area contributed by atoms with Crippen molar-refractivity contribution in [2.24, 2.45) is 0 Å². The molecule has 3 nitrogen and oxygen atoms in total. The number of hydrogen-bond acceptors (Lipinski definition) is 3. The van der Waals surface area contributed by atoms with E-state index < -0.39 is 0 Å². The predicted octanol–water partition coefficient (Wildman–Crippen LogP) is 4.06. The van der Waals surface area contributed by atoms with Gasteiger partial charge in [-0.05, 0) is 37.7 Å². The molecule has 1 aromatic carbocycles. The van der Waals surface area contributed by atoms with E-state index in [1.54, 1.807) is 6.26 Å². The van der Waals surface area contributed by atoms with Crippen molar-refractivity contribution in [1.82, 2.24) is 10.2 Å². The zero-order chi connectivity index (χ0) is 15.1. The molecule has 0 atom stereocenters. The Morgan fingerprint density at radius 3 is 2.71 bits per heavy atom. The first kappa shape index (κ1) is 16.1. The Morgan fingerprint density at radius 1 is 1.14 bits per heavy atom. The van der Waals surface area contributed by atoms with E-state index in [0.29, 0.717) is 0 Å². The number of furan rings is 1. The second-order valence-electron chi connectivity index (χ2n) is 5.31. The third-order valence-corrected chi connectivity index (χ3v) is 3.76. The van der Waals surface area contributed by atoms with Gasteiger partial charge in [0.2, 0.25) is 0 Å². The van der Waals surface area contributed by atoms with E-state index in [2.05, 4.69) is 30.3 Å². The Bertz CT molecular complexity index is 553. The highest BCUT2D eigenvalue weighted by molar-refractivity contribution is 6.31. The van der Waals surface area contributed by atoms with Gasteiger partial charge < -0.3 is 9.73 Å². The first-order valence-electron chi connectivity index (χ1n) is 7.38. The molecule has 0 saturated carbocycles. The largest absolute Gasteiger partial charge is 0.468 e. The lowest BCUT2D eigenvalue weighted by atomic mass is 10.2. The molecule has 0 aliphatic carbocycles. The fourth-order valence-electron chi connectivity index (χ4n) is 2.28. The van der Waals surface area contributed by atoms with E-state index in [0.717, 1.165) is 48.9 Å². The van der Waals surface area contributed by atoms with Crippen molar-refractivity contribution in [1.29, 1.82) is 0 Å². The van der Waals surface area contributed by atoms with Crippen molar-refractivity contribution < 1.29 is 4.42 Å². The zero-order valence-electron chi connectivity index (χ0n) is 12.7. The summed E-state index contributed by atoms with van der Waals surface area (Å²) in [6.45, 7) is 5.64. The molecule has 0 aliphatic rings. The van der Waals surface area contributed by atoms with Gasteiger partial charge in [0.15, 0.2) is 0 Å². The molecule has 21 heavy (non-hydrogen) atoms. The number of rotatable bonds is 8. The van der Waals surface area contributed by atoms with Crippen molar-refractivity contribution in [2.75, 3.05) is 13.6 Å². The monoisotopic (exact) mass is 306 g/mol. The van der Waals surface area contributed by atoms with E-state index in [4.69, 9.17) is 16.0 Å². The van der Waals surface area contributed by atoms with Crippen LogP contribution in [0.3, 0.4) is 0 Å². The molecule has 0 bridgehead atoms. The Hall–Kier alpha value is -1.29. The molecule has 1 aromatic heterocycles. The normalized spacial score (nSPS) is 11.2. The van der Waals surface area contributed by atoms with Gasteiger partial charge in [-0.15, -0.1) is 0 Å². The molecule has 0 aliphatic heterocycles. The van der Waals surface area contributed by atoms with Gasteiger partial charge in [0.25, 0.3) is 0 Å². The minimum absolute atomic E-state index is 0.779. The molecule has 0 unspecified atom stereocenters. The van der Waals surface area contributed by atoms with Crippen LogP contribution in [-0.2, 0) is 19.6 Å². The van der Waals surface area contributed by atoms with E-state index in [1.165, 1.54) is 5.56 Å². The van der Waals surface area contributed by atoms with Gasteiger partial charge >= 0.3 is 0 Å². The SMILES string of the molecule is CCCNCc1ccoc1CN(C)Cc1ccccc1Cl. The molecule has 4 heteroatoms. The Labute approximate surface area is 131 Å². The maximum atomic E-state index is 6.21. The molecule has 0 amide bonds. The Morgan fingerprint density at radius 2 is 1.95 bits per heavy atom. The average Bonchev–Trinajstić information content (AvgIpc) is 2.89. The molecule has 1 heterocycles. The van der Waals surface area contributed by atoms with Gasteiger partial charge in [0, 0.05) is 23.7 Å². The van der Waals surface area contributed by atoms with E-state index in [-0.39, 0.29) is 0 Å². The van der Waals surface area contributed by atoms with Gasteiger partial charge in [-0.3, -0.25) is 4.90 Å². The van der Waals surface area contributed by atoms with E-state index in [9.17, 15) is 0 Å². The molecular formula is C17H23ClN2O. The van der Waals surface area contributed by atoms with Crippen LogP contribution in [0.4, 0.5) is 0 Å². The van der Waals surface area contributed by atoms with Gasteiger partial charge in [-0.2, -0.15) is 0 Å². The molecule has 0 radical (unpaired) electrons. The van der Waals surface area contributed by atoms with Gasteiger partial charge in [0.05, 0.1) is 12.8 Å². The maximum absolute atomic E-state index is 6.21. The van der Waals surface area contributed by atoms with Crippen LogP contribution in [0.25, 0.3) is 0 Å². The van der Waals surface area contributed by atoms with Crippen LogP contribution in [0.5, 0.6) is 0 Å². The minimum Gasteiger partial charge on any atom is -0.468 e. The van der Waals surface area contributed by atoms with Gasteiger partial charge in [0.1, 0.15) is 5.76 Å². The van der Waals surface area contributed by atoms with Crippen LogP contribution in [0.1, 0.15) is 30.2 Å². The third kappa shape index (κ3) is 4.88. The third-order valence-electron chi connectivity index (χ3n) is 3.39. The summed E-state index contributed by atoms with van der Waals surface area (Å²) in [5.41, 5.74) is 2.37. The number of benzene rings is 1. The summed E-state index contributed by atoms with van der Waals surface area (Å²) in [6, 6.07) is 10.0. The topological polar surface area (TPSA) is 28.4 Å². The highest BCUT2D eigenvalue weighted by atomic mass is 35.5. The molecular weight excluding hydrogens is 284 g/mol. The number of hydrogen-bond donors (Lipinski definition) is 1. The molecule has 2 aromatic rings. The Kier molecular flexibility index (Phi) is 6.30. The van der Waals surface area contributed by atoms with Gasteiger partial charge in [-0.1, -0.05) is 36.7 Å². The van der Waals surface area contributed by atoms with Crippen LogP contribution in [-0.4, -0.2) is 18.5 Å². The van der Waals surface area contributed by atoms with Crippen molar-refractivity contribution in [2.45, 2.75) is 33.0 Å². The first-order valence-corrected chi connectivity index (χ1v) is 7.76. The van der Waals surface area contributed by atoms with Crippen molar-refractivity contribution >= 4 is 11.6 Å². The number of nitrogens with one attached hydrogen (secondary N) is 1. The summed E-state index contributed by atoms with van der Waals surface area (Å²) >= 11 is 6.21. The predicted molar refractivity (Wildman–Crippen MR) is 87.3 cm³/mol. The fraction of sp³-hybridized carbons (Fsp3) is 0.412. The zero-order valence-corrected chi connectivity index (χ0v) is 13.5. The maximum Gasteiger partial charge on any atom is 0.122 e. The summed E-state index contributed by atoms with van der Waals surface area (Å²) < 4.78 is 5.62. The second kappa shape index (κ2) is 8.23. The van der Waals surface area contributed by atoms with Gasteiger partial charge in [-0.25, -0.2) is 0 Å². The van der Waals surface area contributed by atoms with Crippen LogP contribution >= 0.6 is 11.6 Å². The molecule has 0 fully saturated rings. The summed E-state index contributed by atoms with van der Waals surface area (Å²) in [4.78, 5) is 2.21. The van der Waals surface area contributed by atoms with E-state index >= 15 is 0 Å². The van der Waals surface area contributed by atoms with Crippen LogP contribution < -0.4 is 5.32 Å². The quantitative estimate of drug-likeness (QED) is 0.745. The number of halogens is 1.